The largest absolute Gasteiger partial charge is 0.337 e. The Balaban J connectivity index is 4.15. The van der Waals surface area contributed by atoms with Crippen molar-refractivity contribution in [1.29, 1.82) is 0 Å². The predicted molar refractivity (Wildman–Crippen MR) is 70.0 cm³/mol. The molecule has 0 radical (unpaired) electrons. The smallest absolute Gasteiger partial charge is 0.293 e. The van der Waals surface area contributed by atoms with Gasteiger partial charge in [-0.2, -0.15) is 0 Å². The third-order valence-corrected chi connectivity index (χ3v) is 4.41. The molecule has 0 rings (SSSR count). The zero-order valence-electron chi connectivity index (χ0n) is 9.66. The van der Waals surface area contributed by atoms with E-state index in [1.165, 1.54) is 0 Å². The molecule has 0 aliphatic rings. The topological polar surface area (TPSA) is 27.7 Å². The minimum atomic E-state index is -1.59. The molecule has 98 valence electrons. The molecule has 0 saturated heterocycles. The Bertz CT molecular complexity index is 148. The van der Waals surface area contributed by atoms with Crippen molar-refractivity contribution in [3.8, 4) is 0 Å². The van der Waals surface area contributed by atoms with Crippen LogP contribution in [0.15, 0.2) is 0 Å². The zero-order chi connectivity index (χ0) is 12.6. The van der Waals surface area contributed by atoms with E-state index in [2.05, 4.69) is 0 Å². The molecule has 0 bridgehead atoms. The van der Waals surface area contributed by atoms with Gasteiger partial charge in [-0.25, -0.2) is 0 Å². The van der Waals surface area contributed by atoms with E-state index in [1.807, 2.05) is 20.8 Å². The molecule has 16 heavy (non-hydrogen) atoms. The van der Waals surface area contributed by atoms with Crippen molar-refractivity contribution in [3.63, 3.8) is 0 Å². The molecule has 0 fully saturated rings. The zero-order valence-corrected chi connectivity index (χ0v) is 12.8. The lowest BCUT2D eigenvalue weighted by molar-refractivity contribution is 0.125. The van der Waals surface area contributed by atoms with Gasteiger partial charge in [0.15, 0.2) is 0 Å². The molecule has 3 atom stereocenters. The standard InChI is InChI=1S/C9H18Cl3O3P/c1-4-7(10)13-16(14-8(11)5-2)15-9(12)6-3/h7-9H,4-6H2,1-3H3. The van der Waals surface area contributed by atoms with E-state index in [9.17, 15) is 0 Å². The lowest BCUT2D eigenvalue weighted by atomic mass is 10.5. The van der Waals surface area contributed by atoms with Crippen molar-refractivity contribution in [2.45, 2.75) is 56.7 Å². The highest BCUT2D eigenvalue weighted by atomic mass is 35.5. The first-order valence-corrected chi connectivity index (χ1v) is 7.66. The summed E-state index contributed by atoms with van der Waals surface area (Å²) in [6.45, 7) is 5.71. The van der Waals surface area contributed by atoms with Gasteiger partial charge in [-0.15, -0.1) is 0 Å². The van der Waals surface area contributed by atoms with Crippen LogP contribution in [0.1, 0.15) is 40.0 Å². The fourth-order valence-corrected chi connectivity index (χ4v) is 2.32. The summed E-state index contributed by atoms with van der Waals surface area (Å²) in [4.78, 5) is 0. The lowest BCUT2D eigenvalue weighted by Crippen LogP contribution is -2.10. The molecule has 3 nitrogen and oxygen atoms in total. The molecular formula is C9H18Cl3O3P. The Morgan fingerprint density at radius 2 is 1.00 bits per heavy atom. The summed E-state index contributed by atoms with van der Waals surface area (Å²) in [6.07, 6.45) is 1.97. The van der Waals surface area contributed by atoms with Crippen molar-refractivity contribution >= 4 is 43.4 Å². The molecular weight excluding hydrogens is 293 g/mol. The van der Waals surface area contributed by atoms with E-state index in [-0.39, 0.29) is 0 Å². The molecule has 0 spiro atoms. The van der Waals surface area contributed by atoms with Crippen LogP contribution in [0.4, 0.5) is 0 Å². The molecule has 0 N–H and O–H groups in total. The number of hydrogen-bond donors (Lipinski definition) is 0. The van der Waals surface area contributed by atoms with Crippen molar-refractivity contribution in [1.82, 2.24) is 0 Å². The summed E-state index contributed by atoms with van der Waals surface area (Å²) in [7, 11) is -1.59. The molecule has 7 heteroatoms. The summed E-state index contributed by atoms with van der Waals surface area (Å²) >= 11 is 17.6. The summed E-state index contributed by atoms with van der Waals surface area (Å²) in [5, 5.41) is 0. The van der Waals surface area contributed by atoms with Crippen molar-refractivity contribution in [3.05, 3.63) is 0 Å². The molecule has 0 aliphatic heterocycles. The minimum Gasteiger partial charge on any atom is -0.293 e. The van der Waals surface area contributed by atoms with Crippen LogP contribution in [0.25, 0.3) is 0 Å². The molecule has 0 heterocycles. The molecule has 0 amide bonds. The van der Waals surface area contributed by atoms with Crippen LogP contribution in [0.2, 0.25) is 0 Å². The lowest BCUT2D eigenvalue weighted by Gasteiger charge is -2.22. The Morgan fingerprint density at radius 1 is 0.750 bits per heavy atom. The van der Waals surface area contributed by atoms with Gasteiger partial charge in [-0.3, -0.25) is 13.6 Å². The predicted octanol–water partition coefficient (Wildman–Crippen LogP) is 5.19. The first kappa shape index (κ1) is 17.2. The van der Waals surface area contributed by atoms with E-state index >= 15 is 0 Å². The third-order valence-electron chi connectivity index (χ3n) is 1.56. The number of rotatable bonds is 9. The maximum atomic E-state index is 5.86. The van der Waals surface area contributed by atoms with Crippen LogP contribution in [0.5, 0.6) is 0 Å². The maximum absolute atomic E-state index is 5.86. The van der Waals surface area contributed by atoms with Crippen LogP contribution in [0, 0.1) is 0 Å². The Labute approximate surface area is 114 Å². The van der Waals surface area contributed by atoms with Crippen LogP contribution in [0.3, 0.4) is 0 Å². The first-order valence-electron chi connectivity index (χ1n) is 5.26. The van der Waals surface area contributed by atoms with Crippen molar-refractivity contribution < 1.29 is 13.6 Å². The second-order valence-corrected chi connectivity index (χ2v) is 5.53. The average molecular weight is 312 g/mol. The van der Waals surface area contributed by atoms with Gasteiger partial charge in [0.1, 0.15) is 16.7 Å². The van der Waals surface area contributed by atoms with E-state index in [0.29, 0.717) is 19.3 Å². The van der Waals surface area contributed by atoms with Gasteiger partial charge in [-0.1, -0.05) is 55.6 Å². The van der Waals surface area contributed by atoms with Gasteiger partial charge in [0.25, 0.3) is 0 Å². The van der Waals surface area contributed by atoms with Crippen LogP contribution in [-0.2, 0) is 13.6 Å². The summed E-state index contributed by atoms with van der Waals surface area (Å²) < 4.78 is 16.1. The van der Waals surface area contributed by atoms with E-state index < -0.39 is 25.3 Å². The van der Waals surface area contributed by atoms with Gasteiger partial charge in [0.05, 0.1) is 0 Å². The highest BCUT2D eigenvalue weighted by Gasteiger charge is 2.23. The van der Waals surface area contributed by atoms with Gasteiger partial charge < -0.3 is 0 Å². The third kappa shape index (κ3) is 8.30. The van der Waals surface area contributed by atoms with Crippen LogP contribution >= 0.6 is 43.4 Å². The van der Waals surface area contributed by atoms with Crippen molar-refractivity contribution in [2.24, 2.45) is 0 Å². The summed E-state index contributed by atoms with van der Waals surface area (Å²) in [6, 6.07) is 0. The Hall–Kier alpha value is 1.18. The monoisotopic (exact) mass is 310 g/mol. The van der Waals surface area contributed by atoms with Gasteiger partial charge >= 0.3 is 8.60 Å². The molecule has 0 aromatic heterocycles. The first-order chi connectivity index (χ1) is 7.53. The van der Waals surface area contributed by atoms with E-state index in [4.69, 9.17) is 48.4 Å². The fourth-order valence-electron chi connectivity index (χ4n) is 0.578. The Kier molecular flexibility index (Phi) is 10.9. The highest BCUT2D eigenvalue weighted by Crippen LogP contribution is 2.46. The maximum Gasteiger partial charge on any atom is 0.337 e. The summed E-state index contributed by atoms with van der Waals surface area (Å²) in [5.41, 5.74) is -1.35. The molecule has 0 aromatic rings. The van der Waals surface area contributed by atoms with E-state index in [1.54, 1.807) is 0 Å². The summed E-state index contributed by atoms with van der Waals surface area (Å²) in [5.74, 6) is 0. The molecule has 0 aliphatic carbocycles. The van der Waals surface area contributed by atoms with Gasteiger partial charge in [0, 0.05) is 0 Å². The van der Waals surface area contributed by atoms with Crippen LogP contribution in [-0.4, -0.2) is 16.7 Å². The highest BCUT2D eigenvalue weighted by molar-refractivity contribution is 7.42. The molecule has 0 saturated carbocycles. The second-order valence-electron chi connectivity index (χ2n) is 2.99. The molecule has 3 unspecified atom stereocenters. The fraction of sp³-hybridized carbons (Fsp3) is 1.00. The number of alkyl halides is 3. The minimum absolute atomic E-state index is 0.451. The second kappa shape index (κ2) is 10.1. The quantitative estimate of drug-likeness (QED) is 0.433. The molecule has 0 aromatic carbocycles. The van der Waals surface area contributed by atoms with Crippen molar-refractivity contribution in [2.75, 3.05) is 0 Å². The van der Waals surface area contributed by atoms with Gasteiger partial charge in [-0.05, 0) is 19.3 Å². The normalized spacial score (nSPS) is 19.1. The van der Waals surface area contributed by atoms with Gasteiger partial charge in [0.2, 0.25) is 0 Å². The Morgan fingerprint density at radius 3 is 1.19 bits per heavy atom. The number of hydrogen-bond acceptors (Lipinski definition) is 3. The number of halogens is 3. The van der Waals surface area contributed by atoms with E-state index in [0.717, 1.165) is 0 Å². The SMILES string of the molecule is CCC(Cl)OP(OC(Cl)CC)OC(Cl)CC. The average Bonchev–Trinajstić information content (AvgIpc) is 2.28. The van der Waals surface area contributed by atoms with Crippen LogP contribution < -0.4 is 0 Å².